The van der Waals surface area contributed by atoms with Gasteiger partial charge in [0.25, 0.3) is 0 Å². The van der Waals surface area contributed by atoms with Crippen LogP contribution in [0.5, 0.6) is 0 Å². The van der Waals surface area contributed by atoms with Crippen molar-refractivity contribution in [3.05, 3.63) is 34.7 Å². The first-order valence-electron chi connectivity index (χ1n) is 6.11. The molecule has 0 radical (unpaired) electrons. The van der Waals surface area contributed by atoms with E-state index in [1.165, 1.54) is 11.4 Å². The van der Waals surface area contributed by atoms with Gasteiger partial charge in [0, 0.05) is 27.6 Å². The fourth-order valence-electron chi connectivity index (χ4n) is 1.54. The summed E-state index contributed by atoms with van der Waals surface area (Å²) in [5.74, 6) is 1.00. The molecule has 0 bridgehead atoms. The molecule has 0 saturated heterocycles. The predicted octanol–water partition coefficient (Wildman–Crippen LogP) is 4.42. The van der Waals surface area contributed by atoms with Gasteiger partial charge in [0.2, 0.25) is 0 Å². The van der Waals surface area contributed by atoms with Gasteiger partial charge in [-0.15, -0.1) is 11.3 Å². The van der Waals surface area contributed by atoms with Crippen molar-refractivity contribution in [3.63, 3.8) is 0 Å². The van der Waals surface area contributed by atoms with E-state index in [0.29, 0.717) is 5.25 Å². The Kier molecular flexibility index (Phi) is 4.66. The fourth-order valence-corrected chi connectivity index (χ4v) is 3.33. The maximum absolute atomic E-state index is 5.79. The summed E-state index contributed by atoms with van der Waals surface area (Å²) in [6, 6.07) is 7.89. The molecule has 96 valence electrons. The maximum atomic E-state index is 5.79. The number of hydrogen-bond acceptors (Lipinski definition) is 4. The number of nitrogen functional groups attached to an aromatic ring is 1. The first kappa shape index (κ1) is 13.4. The molecule has 1 heterocycles. The lowest BCUT2D eigenvalue weighted by Gasteiger charge is -2.05. The van der Waals surface area contributed by atoms with Crippen molar-refractivity contribution in [3.8, 4) is 11.3 Å². The molecule has 4 heteroatoms. The first-order valence-corrected chi connectivity index (χ1v) is 8.03. The molecule has 0 amide bonds. The number of thiazole rings is 1. The molecule has 1 aromatic heterocycles. The third-order valence-electron chi connectivity index (χ3n) is 2.80. The minimum Gasteiger partial charge on any atom is -0.399 e. The molecule has 1 aromatic carbocycles. The largest absolute Gasteiger partial charge is 0.399 e. The van der Waals surface area contributed by atoms with E-state index in [1.807, 2.05) is 30.0 Å². The highest BCUT2D eigenvalue weighted by atomic mass is 32.2. The fraction of sp³-hybridized carbons (Fsp3) is 0.357. The Labute approximate surface area is 117 Å². The summed E-state index contributed by atoms with van der Waals surface area (Å²) in [5.41, 5.74) is 8.72. The lowest BCUT2D eigenvalue weighted by atomic mass is 10.1. The first-order chi connectivity index (χ1) is 8.69. The van der Waals surface area contributed by atoms with Crippen LogP contribution in [0.3, 0.4) is 0 Å². The third kappa shape index (κ3) is 3.50. The van der Waals surface area contributed by atoms with Crippen molar-refractivity contribution in [2.75, 3.05) is 5.73 Å². The van der Waals surface area contributed by atoms with E-state index in [9.17, 15) is 0 Å². The molecular formula is C14H18N2S2. The summed E-state index contributed by atoms with van der Waals surface area (Å²) in [6.45, 7) is 4.48. The zero-order chi connectivity index (χ0) is 13.0. The van der Waals surface area contributed by atoms with Gasteiger partial charge in [0.05, 0.1) is 5.69 Å². The Morgan fingerprint density at radius 3 is 3.00 bits per heavy atom. The number of aromatic nitrogens is 1. The van der Waals surface area contributed by atoms with Crippen LogP contribution in [0.25, 0.3) is 11.3 Å². The van der Waals surface area contributed by atoms with Crippen LogP contribution in [-0.4, -0.2) is 10.2 Å². The van der Waals surface area contributed by atoms with Crippen molar-refractivity contribution >= 4 is 28.8 Å². The van der Waals surface area contributed by atoms with Crippen LogP contribution >= 0.6 is 23.1 Å². The van der Waals surface area contributed by atoms with Crippen LogP contribution in [-0.2, 0) is 5.75 Å². The molecule has 0 spiro atoms. The van der Waals surface area contributed by atoms with Gasteiger partial charge in [-0.2, -0.15) is 11.8 Å². The normalized spacial score (nSPS) is 12.6. The SMILES string of the molecule is CCC(C)SCc1nc(-c2cccc(N)c2)cs1. The molecule has 2 nitrogen and oxygen atoms in total. The monoisotopic (exact) mass is 278 g/mol. The van der Waals surface area contributed by atoms with Crippen LogP contribution < -0.4 is 5.73 Å². The van der Waals surface area contributed by atoms with E-state index in [-0.39, 0.29) is 0 Å². The van der Waals surface area contributed by atoms with Crippen molar-refractivity contribution in [2.45, 2.75) is 31.3 Å². The van der Waals surface area contributed by atoms with Crippen molar-refractivity contribution in [2.24, 2.45) is 0 Å². The topological polar surface area (TPSA) is 38.9 Å². The number of thioether (sulfide) groups is 1. The lowest BCUT2D eigenvalue weighted by Crippen LogP contribution is -1.93. The highest BCUT2D eigenvalue weighted by Gasteiger charge is 2.06. The molecule has 0 aliphatic heterocycles. The van der Waals surface area contributed by atoms with E-state index in [4.69, 9.17) is 5.73 Å². The van der Waals surface area contributed by atoms with Gasteiger partial charge >= 0.3 is 0 Å². The van der Waals surface area contributed by atoms with Crippen molar-refractivity contribution < 1.29 is 0 Å². The minimum absolute atomic E-state index is 0.699. The van der Waals surface area contributed by atoms with Crippen LogP contribution in [0.2, 0.25) is 0 Å². The number of rotatable bonds is 5. The quantitative estimate of drug-likeness (QED) is 0.823. The third-order valence-corrected chi connectivity index (χ3v) is 5.17. The number of nitrogens with two attached hydrogens (primary N) is 1. The van der Waals surface area contributed by atoms with Crippen molar-refractivity contribution in [1.82, 2.24) is 4.98 Å². The highest BCUT2D eigenvalue weighted by Crippen LogP contribution is 2.27. The van der Waals surface area contributed by atoms with Crippen LogP contribution in [0.1, 0.15) is 25.3 Å². The van der Waals surface area contributed by atoms with E-state index >= 15 is 0 Å². The summed E-state index contributed by atoms with van der Waals surface area (Å²) in [4.78, 5) is 4.67. The second kappa shape index (κ2) is 6.25. The van der Waals surface area contributed by atoms with Crippen LogP contribution in [0, 0.1) is 0 Å². The lowest BCUT2D eigenvalue weighted by molar-refractivity contribution is 0.905. The van der Waals surface area contributed by atoms with E-state index in [1.54, 1.807) is 11.3 Å². The Balaban J connectivity index is 2.06. The Morgan fingerprint density at radius 1 is 1.44 bits per heavy atom. The summed E-state index contributed by atoms with van der Waals surface area (Å²) in [7, 11) is 0. The summed E-state index contributed by atoms with van der Waals surface area (Å²) in [6.07, 6.45) is 1.21. The average molecular weight is 278 g/mol. The molecule has 2 aromatic rings. The van der Waals surface area contributed by atoms with Crippen LogP contribution in [0.15, 0.2) is 29.6 Å². The zero-order valence-electron chi connectivity index (χ0n) is 10.7. The number of nitrogens with zero attached hydrogens (tertiary/aromatic N) is 1. The Morgan fingerprint density at radius 2 is 2.28 bits per heavy atom. The summed E-state index contributed by atoms with van der Waals surface area (Å²) in [5, 5.41) is 4.00. The van der Waals surface area contributed by atoms with Gasteiger partial charge in [-0.25, -0.2) is 4.98 Å². The van der Waals surface area contributed by atoms with E-state index in [2.05, 4.69) is 30.3 Å². The molecule has 1 atom stereocenters. The predicted molar refractivity (Wildman–Crippen MR) is 83.0 cm³/mol. The highest BCUT2D eigenvalue weighted by molar-refractivity contribution is 7.99. The van der Waals surface area contributed by atoms with Crippen LogP contribution in [0.4, 0.5) is 5.69 Å². The molecule has 0 fully saturated rings. The number of hydrogen-bond donors (Lipinski definition) is 1. The second-order valence-corrected chi connectivity index (χ2v) is 6.65. The molecular weight excluding hydrogens is 260 g/mol. The van der Waals surface area contributed by atoms with E-state index in [0.717, 1.165) is 22.7 Å². The van der Waals surface area contributed by atoms with Gasteiger partial charge < -0.3 is 5.73 Å². The van der Waals surface area contributed by atoms with Gasteiger partial charge in [0.15, 0.2) is 0 Å². The molecule has 18 heavy (non-hydrogen) atoms. The zero-order valence-corrected chi connectivity index (χ0v) is 12.4. The second-order valence-electron chi connectivity index (χ2n) is 4.28. The van der Waals surface area contributed by atoms with Gasteiger partial charge in [-0.1, -0.05) is 26.0 Å². The Bertz CT molecular complexity index is 508. The maximum Gasteiger partial charge on any atom is 0.103 e. The standard InChI is InChI=1S/C14H18N2S2/c1-3-10(2)17-9-14-16-13(8-18-14)11-5-4-6-12(15)7-11/h4-8,10H,3,9,15H2,1-2H3. The molecule has 0 aliphatic carbocycles. The van der Waals surface area contributed by atoms with Gasteiger partial charge in [-0.05, 0) is 18.6 Å². The molecule has 0 saturated carbocycles. The van der Waals surface area contributed by atoms with Gasteiger partial charge in [-0.3, -0.25) is 0 Å². The number of benzene rings is 1. The molecule has 1 unspecified atom stereocenters. The minimum atomic E-state index is 0.699. The molecule has 2 N–H and O–H groups in total. The van der Waals surface area contributed by atoms with Crippen molar-refractivity contribution in [1.29, 1.82) is 0 Å². The Hall–Kier alpha value is -1.000. The van der Waals surface area contributed by atoms with E-state index < -0.39 is 0 Å². The number of anilines is 1. The smallest absolute Gasteiger partial charge is 0.103 e. The summed E-state index contributed by atoms with van der Waals surface area (Å²) < 4.78 is 0. The molecule has 0 aliphatic rings. The average Bonchev–Trinajstić information content (AvgIpc) is 2.84. The summed E-state index contributed by atoms with van der Waals surface area (Å²) >= 11 is 3.69. The van der Waals surface area contributed by atoms with Gasteiger partial charge in [0.1, 0.15) is 5.01 Å². The molecule has 2 rings (SSSR count).